The second-order valence-electron chi connectivity index (χ2n) is 4.73. The normalized spacial score (nSPS) is 21.6. The molecule has 2 aliphatic rings. The van der Waals surface area contributed by atoms with Crippen molar-refractivity contribution in [1.29, 1.82) is 0 Å². The van der Waals surface area contributed by atoms with Gasteiger partial charge in [0.05, 0.1) is 0 Å². The fourth-order valence-corrected chi connectivity index (χ4v) is 2.61. The zero-order valence-corrected chi connectivity index (χ0v) is 10.5. The maximum absolute atomic E-state index is 2.47. The molecule has 0 aromatic carbocycles. The number of hydrogen-bond acceptors (Lipinski definition) is 0. The monoisotopic (exact) mass is 371 g/mol. The first-order chi connectivity index (χ1) is 6.83. The number of aromatic nitrogens is 2. The van der Waals surface area contributed by atoms with E-state index in [1.165, 1.54) is 42.6 Å². The molecule has 0 N–H and O–H groups in total. The van der Waals surface area contributed by atoms with Crippen LogP contribution in [0.5, 0.6) is 0 Å². The molecule has 0 aliphatic heterocycles. The average molecular weight is 371 g/mol. The standard InChI is InChI=1S/C11H16N2.Pt/c1-2-10(1)7-12-5-6-13(9-12)8-11-3-4-11;/h5-6,10-11H,1-4,7-8H2;. The van der Waals surface area contributed by atoms with Crippen molar-refractivity contribution in [3.63, 3.8) is 0 Å². The molecule has 14 heavy (non-hydrogen) atoms. The van der Waals surface area contributed by atoms with Gasteiger partial charge in [-0.2, -0.15) is 0 Å². The summed E-state index contributed by atoms with van der Waals surface area (Å²) in [6.45, 7) is 2.49. The molecule has 0 bridgehead atoms. The Morgan fingerprint density at radius 2 is 1.43 bits per heavy atom. The maximum atomic E-state index is 2.47. The van der Waals surface area contributed by atoms with Gasteiger partial charge in [-0.15, -0.1) is 0 Å². The molecule has 2 aliphatic carbocycles. The molecule has 0 unspecified atom stereocenters. The van der Waals surface area contributed by atoms with E-state index in [9.17, 15) is 0 Å². The predicted molar refractivity (Wildman–Crippen MR) is 51.1 cm³/mol. The number of nitrogens with zero attached hydrogens (tertiary/aromatic N) is 2. The van der Waals surface area contributed by atoms with Gasteiger partial charge in [0.2, 0.25) is 0 Å². The molecule has 2 fully saturated rings. The summed E-state index contributed by atoms with van der Waals surface area (Å²) in [4.78, 5) is 0. The van der Waals surface area contributed by atoms with Gasteiger partial charge in [-0.05, 0) is 0 Å². The Balaban J connectivity index is 1.75. The summed E-state index contributed by atoms with van der Waals surface area (Å²) >= 11 is 2.47. The molecular formula is C11H16N2Pt. The van der Waals surface area contributed by atoms with Crippen molar-refractivity contribution in [2.75, 3.05) is 0 Å². The van der Waals surface area contributed by atoms with Gasteiger partial charge in [0.25, 0.3) is 0 Å². The molecule has 3 heteroatoms. The summed E-state index contributed by atoms with van der Waals surface area (Å²) in [6, 6.07) is 0. The molecule has 1 aromatic rings. The Hall–Kier alpha value is -0.102. The van der Waals surface area contributed by atoms with Crippen molar-refractivity contribution in [3.05, 3.63) is 16.2 Å². The Labute approximate surface area is 95.3 Å². The molecule has 80 valence electrons. The minimum atomic E-state index is 0.977. The number of rotatable bonds is 4. The predicted octanol–water partition coefficient (Wildman–Crippen LogP) is 2.19. The fraction of sp³-hybridized carbons (Fsp3) is 0.727. The minimum absolute atomic E-state index is 0.977. The molecule has 0 atom stereocenters. The Bertz CT molecular complexity index is 348. The summed E-state index contributed by atoms with van der Waals surface area (Å²) in [5.41, 5.74) is 0. The van der Waals surface area contributed by atoms with E-state index in [0.29, 0.717) is 0 Å². The first kappa shape index (κ1) is 9.15. The van der Waals surface area contributed by atoms with Gasteiger partial charge in [0.15, 0.2) is 0 Å². The fourth-order valence-electron chi connectivity index (χ4n) is 1.86. The first-order valence-corrected chi connectivity index (χ1v) is 6.67. The summed E-state index contributed by atoms with van der Waals surface area (Å²) in [5.74, 6) is 1.95. The molecule has 0 radical (unpaired) electrons. The van der Waals surface area contributed by atoms with Gasteiger partial charge in [-0.1, -0.05) is 0 Å². The molecule has 3 rings (SSSR count). The van der Waals surface area contributed by atoms with Crippen molar-refractivity contribution in [2.45, 2.75) is 38.8 Å². The Morgan fingerprint density at radius 1 is 1.00 bits per heavy atom. The van der Waals surface area contributed by atoms with Gasteiger partial charge in [-0.3, -0.25) is 0 Å². The van der Waals surface area contributed by atoms with E-state index in [1.807, 2.05) is 0 Å². The third-order valence-electron chi connectivity index (χ3n) is 3.17. The second kappa shape index (κ2) is 3.48. The van der Waals surface area contributed by atoms with Gasteiger partial charge >= 0.3 is 95.3 Å². The van der Waals surface area contributed by atoms with E-state index in [0.717, 1.165) is 11.8 Å². The molecule has 1 aromatic heterocycles. The molecule has 2 nitrogen and oxygen atoms in total. The van der Waals surface area contributed by atoms with E-state index < -0.39 is 0 Å². The van der Waals surface area contributed by atoms with Crippen LogP contribution in [0, 0.1) is 15.6 Å². The summed E-state index contributed by atoms with van der Waals surface area (Å²) in [7, 11) is 0. The van der Waals surface area contributed by atoms with Gasteiger partial charge in [0, 0.05) is 0 Å². The van der Waals surface area contributed by atoms with Crippen molar-refractivity contribution in [2.24, 2.45) is 11.8 Å². The van der Waals surface area contributed by atoms with Crippen LogP contribution in [0.4, 0.5) is 0 Å². The molecule has 0 spiro atoms. The molecule has 0 amide bonds. The zero-order chi connectivity index (χ0) is 9.54. The van der Waals surface area contributed by atoms with Crippen LogP contribution < -0.4 is 0 Å². The van der Waals surface area contributed by atoms with Crippen LogP contribution in [0.3, 0.4) is 0 Å². The average Bonchev–Trinajstić information content (AvgIpc) is 3.03. The summed E-state index contributed by atoms with van der Waals surface area (Å²) in [5, 5.41) is 0. The Morgan fingerprint density at radius 3 is 1.79 bits per heavy atom. The van der Waals surface area contributed by atoms with Crippen molar-refractivity contribution < 1.29 is 19.4 Å². The molecule has 0 saturated heterocycles. The van der Waals surface area contributed by atoms with Crippen LogP contribution in [-0.4, -0.2) is 9.13 Å². The van der Waals surface area contributed by atoms with Gasteiger partial charge in [-0.25, -0.2) is 0 Å². The quantitative estimate of drug-likeness (QED) is 0.768. The van der Waals surface area contributed by atoms with E-state index in [1.54, 1.807) is 0 Å². The third kappa shape index (κ3) is 1.95. The zero-order valence-electron chi connectivity index (χ0n) is 8.26. The van der Waals surface area contributed by atoms with E-state index in [4.69, 9.17) is 0 Å². The van der Waals surface area contributed by atoms with Crippen molar-refractivity contribution in [1.82, 2.24) is 9.13 Å². The SMILES string of the molecule is [Pt]=[c]1n(CC2CC2)ccn1CC1CC1. The van der Waals surface area contributed by atoms with E-state index in [2.05, 4.69) is 40.9 Å². The number of imidazole rings is 1. The van der Waals surface area contributed by atoms with Crippen LogP contribution in [0.2, 0.25) is 0 Å². The molecule has 1 heterocycles. The topological polar surface area (TPSA) is 9.86 Å². The van der Waals surface area contributed by atoms with Crippen LogP contribution >= 0.6 is 0 Å². The van der Waals surface area contributed by atoms with Gasteiger partial charge < -0.3 is 0 Å². The van der Waals surface area contributed by atoms with Crippen LogP contribution in [0.25, 0.3) is 0 Å². The molecular weight excluding hydrogens is 355 g/mol. The first-order valence-electron chi connectivity index (χ1n) is 5.54. The number of hydrogen-bond donors (Lipinski definition) is 0. The van der Waals surface area contributed by atoms with Crippen LogP contribution in [0.15, 0.2) is 12.4 Å². The summed E-state index contributed by atoms with van der Waals surface area (Å²) < 4.78 is 6.26. The van der Waals surface area contributed by atoms with Crippen LogP contribution in [0.1, 0.15) is 25.7 Å². The summed E-state index contributed by atoms with van der Waals surface area (Å²) in [6.07, 6.45) is 10.3. The van der Waals surface area contributed by atoms with E-state index >= 15 is 0 Å². The van der Waals surface area contributed by atoms with Crippen LogP contribution in [-0.2, 0) is 32.4 Å². The third-order valence-corrected chi connectivity index (χ3v) is 4.47. The molecule has 2 saturated carbocycles. The second-order valence-corrected chi connectivity index (χ2v) is 5.75. The van der Waals surface area contributed by atoms with Crippen molar-refractivity contribution >= 4 is 0 Å². The van der Waals surface area contributed by atoms with Gasteiger partial charge in [0.1, 0.15) is 0 Å². The Kier molecular flexibility index (Phi) is 2.28. The van der Waals surface area contributed by atoms with E-state index in [-0.39, 0.29) is 0 Å². The van der Waals surface area contributed by atoms with Crippen molar-refractivity contribution in [3.8, 4) is 0 Å².